The Balaban J connectivity index is 2.11. The Bertz CT molecular complexity index is 494. The van der Waals surface area contributed by atoms with Gasteiger partial charge in [-0.25, -0.2) is 4.39 Å². The topological polar surface area (TPSA) is 0 Å². The molecule has 0 amide bonds. The van der Waals surface area contributed by atoms with Crippen molar-refractivity contribution in [3.63, 3.8) is 0 Å². The van der Waals surface area contributed by atoms with Crippen LogP contribution in [0.25, 0.3) is 0 Å². The molecule has 1 atom stereocenters. The third kappa shape index (κ3) is 3.45. The lowest BCUT2D eigenvalue weighted by molar-refractivity contribution is 0.626. The third-order valence-corrected chi connectivity index (χ3v) is 3.18. The van der Waals surface area contributed by atoms with Crippen molar-refractivity contribution in [1.82, 2.24) is 0 Å². The van der Waals surface area contributed by atoms with Crippen LogP contribution in [0.3, 0.4) is 0 Å². The molecule has 2 aromatic carbocycles. The molecule has 2 rings (SSSR count). The summed E-state index contributed by atoms with van der Waals surface area (Å²) < 4.78 is 12.8. The SMILES string of the molecule is Fc1ccc(C(Cl)Cc2cccc(Cl)c2)cc1. The molecule has 0 aliphatic carbocycles. The van der Waals surface area contributed by atoms with Crippen molar-refractivity contribution >= 4 is 23.2 Å². The maximum Gasteiger partial charge on any atom is 0.123 e. The largest absolute Gasteiger partial charge is 0.207 e. The summed E-state index contributed by atoms with van der Waals surface area (Å²) in [6.45, 7) is 0. The van der Waals surface area contributed by atoms with Crippen LogP contribution >= 0.6 is 23.2 Å². The van der Waals surface area contributed by atoms with Crippen LogP contribution in [-0.4, -0.2) is 0 Å². The zero-order valence-corrected chi connectivity index (χ0v) is 10.5. The second kappa shape index (κ2) is 5.52. The zero-order valence-electron chi connectivity index (χ0n) is 9.04. The Kier molecular flexibility index (Phi) is 4.03. The summed E-state index contributed by atoms with van der Waals surface area (Å²) in [6, 6.07) is 13.8. The van der Waals surface area contributed by atoms with E-state index in [9.17, 15) is 4.39 Å². The first-order chi connectivity index (χ1) is 8.15. The van der Waals surface area contributed by atoms with Gasteiger partial charge < -0.3 is 0 Å². The number of halogens is 3. The lowest BCUT2D eigenvalue weighted by Gasteiger charge is -2.10. The molecule has 0 nitrogen and oxygen atoms in total. The Hall–Kier alpha value is -1.05. The maximum atomic E-state index is 12.8. The molecular formula is C14H11Cl2F. The van der Waals surface area contributed by atoms with E-state index in [-0.39, 0.29) is 11.2 Å². The van der Waals surface area contributed by atoms with Gasteiger partial charge in [-0.2, -0.15) is 0 Å². The van der Waals surface area contributed by atoms with Crippen molar-refractivity contribution in [3.05, 3.63) is 70.5 Å². The normalized spacial score (nSPS) is 12.4. The van der Waals surface area contributed by atoms with E-state index in [1.165, 1.54) is 12.1 Å². The number of rotatable bonds is 3. The van der Waals surface area contributed by atoms with Crippen molar-refractivity contribution in [1.29, 1.82) is 0 Å². The van der Waals surface area contributed by atoms with Crippen LogP contribution in [-0.2, 0) is 6.42 Å². The Morgan fingerprint density at radius 1 is 1.06 bits per heavy atom. The Labute approximate surface area is 110 Å². The summed E-state index contributed by atoms with van der Waals surface area (Å²) in [6.07, 6.45) is 0.674. The highest BCUT2D eigenvalue weighted by Gasteiger charge is 2.09. The smallest absolute Gasteiger partial charge is 0.123 e. The van der Waals surface area contributed by atoms with Crippen LogP contribution in [0.2, 0.25) is 5.02 Å². The Morgan fingerprint density at radius 2 is 1.76 bits per heavy atom. The van der Waals surface area contributed by atoms with Gasteiger partial charge in [0.05, 0.1) is 5.38 Å². The van der Waals surface area contributed by atoms with Crippen molar-refractivity contribution in [2.45, 2.75) is 11.8 Å². The highest BCUT2D eigenvalue weighted by molar-refractivity contribution is 6.30. The van der Waals surface area contributed by atoms with Crippen LogP contribution in [0, 0.1) is 5.82 Å². The van der Waals surface area contributed by atoms with Gasteiger partial charge in [-0.05, 0) is 41.8 Å². The highest BCUT2D eigenvalue weighted by Crippen LogP contribution is 2.26. The predicted octanol–water partition coefficient (Wildman–Crippen LogP) is 5.00. The molecule has 0 saturated heterocycles. The average Bonchev–Trinajstić information content (AvgIpc) is 2.29. The van der Waals surface area contributed by atoms with Gasteiger partial charge in [0.15, 0.2) is 0 Å². The summed E-state index contributed by atoms with van der Waals surface area (Å²) in [4.78, 5) is 0. The second-order valence-corrected chi connectivity index (χ2v) is 4.82. The fourth-order valence-electron chi connectivity index (χ4n) is 1.66. The van der Waals surface area contributed by atoms with E-state index in [0.717, 1.165) is 11.1 Å². The van der Waals surface area contributed by atoms with Crippen LogP contribution < -0.4 is 0 Å². The number of hydrogen-bond acceptors (Lipinski definition) is 0. The molecule has 17 heavy (non-hydrogen) atoms. The van der Waals surface area contributed by atoms with Crippen molar-refractivity contribution < 1.29 is 4.39 Å². The second-order valence-electron chi connectivity index (χ2n) is 3.85. The highest BCUT2D eigenvalue weighted by atomic mass is 35.5. The van der Waals surface area contributed by atoms with Crippen LogP contribution in [0.1, 0.15) is 16.5 Å². The number of benzene rings is 2. The van der Waals surface area contributed by atoms with E-state index in [1.54, 1.807) is 12.1 Å². The van der Waals surface area contributed by atoms with E-state index in [2.05, 4.69) is 0 Å². The van der Waals surface area contributed by atoms with Crippen LogP contribution in [0.15, 0.2) is 48.5 Å². The summed E-state index contributed by atoms with van der Waals surface area (Å²) in [5, 5.41) is 0.527. The third-order valence-electron chi connectivity index (χ3n) is 2.54. The minimum atomic E-state index is -0.250. The first-order valence-electron chi connectivity index (χ1n) is 5.29. The van der Waals surface area contributed by atoms with Gasteiger partial charge in [0.2, 0.25) is 0 Å². The quantitative estimate of drug-likeness (QED) is 0.688. The predicted molar refractivity (Wildman–Crippen MR) is 70.2 cm³/mol. The van der Waals surface area contributed by atoms with Gasteiger partial charge in [0, 0.05) is 5.02 Å². The fraction of sp³-hybridized carbons (Fsp3) is 0.143. The number of alkyl halides is 1. The van der Waals surface area contributed by atoms with Crippen molar-refractivity contribution in [2.75, 3.05) is 0 Å². The van der Waals surface area contributed by atoms with Gasteiger partial charge in [-0.15, -0.1) is 11.6 Å². The molecule has 0 aliphatic heterocycles. The van der Waals surface area contributed by atoms with Crippen molar-refractivity contribution in [2.24, 2.45) is 0 Å². The number of hydrogen-bond donors (Lipinski definition) is 0. The molecule has 0 saturated carbocycles. The Morgan fingerprint density at radius 3 is 2.41 bits per heavy atom. The first-order valence-corrected chi connectivity index (χ1v) is 6.10. The van der Waals surface area contributed by atoms with Gasteiger partial charge in [0.1, 0.15) is 5.82 Å². The molecule has 0 spiro atoms. The monoisotopic (exact) mass is 268 g/mol. The lowest BCUT2D eigenvalue weighted by atomic mass is 10.0. The maximum absolute atomic E-state index is 12.8. The molecule has 0 aromatic heterocycles. The summed E-state index contributed by atoms with van der Waals surface area (Å²) in [5.41, 5.74) is 1.98. The van der Waals surface area contributed by atoms with Gasteiger partial charge in [-0.1, -0.05) is 35.9 Å². The van der Waals surface area contributed by atoms with E-state index >= 15 is 0 Å². The minimum Gasteiger partial charge on any atom is -0.207 e. The standard InChI is InChI=1S/C14H11Cl2F/c15-12-3-1-2-10(8-12)9-14(16)11-4-6-13(17)7-5-11/h1-8,14H,9H2. The molecule has 0 heterocycles. The van der Waals surface area contributed by atoms with E-state index in [0.29, 0.717) is 11.4 Å². The molecule has 0 fully saturated rings. The molecule has 2 aromatic rings. The molecule has 0 radical (unpaired) electrons. The van der Waals surface area contributed by atoms with Crippen LogP contribution in [0.4, 0.5) is 4.39 Å². The van der Waals surface area contributed by atoms with E-state index < -0.39 is 0 Å². The summed E-state index contributed by atoms with van der Waals surface area (Å²) in [7, 11) is 0. The van der Waals surface area contributed by atoms with Crippen molar-refractivity contribution in [3.8, 4) is 0 Å². The fourth-order valence-corrected chi connectivity index (χ4v) is 2.20. The average molecular weight is 269 g/mol. The molecule has 0 N–H and O–H groups in total. The lowest BCUT2D eigenvalue weighted by Crippen LogP contribution is -1.96. The molecule has 0 bridgehead atoms. The summed E-state index contributed by atoms with van der Waals surface area (Å²) in [5.74, 6) is -0.250. The molecule has 0 aliphatic rings. The van der Waals surface area contributed by atoms with Gasteiger partial charge in [0.25, 0.3) is 0 Å². The van der Waals surface area contributed by atoms with Crippen LogP contribution in [0.5, 0.6) is 0 Å². The van der Waals surface area contributed by atoms with E-state index in [1.807, 2.05) is 24.3 Å². The molecule has 3 heteroatoms. The first kappa shape index (κ1) is 12.4. The minimum absolute atomic E-state index is 0.172. The molecular weight excluding hydrogens is 258 g/mol. The van der Waals surface area contributed by atoms with Gasteiger partial charge >= 0.3 is 0 Å². The molecule has 1 unspecified atom stereocenters. The van der Waals surface area contributed by atoms with Gasteiger partial charge in [-0.3, -0.25) is 0 Å². The molecule has 88 valence electrons. The van der Waals surface area contributed by atoms with E-state index in [4.69, 9.17) is 23.2 Å². The zero-order chi connectivity index (χ0) is 12.3. The summed E-state index contributed by atoms with van der Waals surface area (Å²) >= 11 is 12.2.